The van der Waals surface area contributed by atoms with Crippen LogP contribution in [0.25, 0.3) is 0 Å². The second-order valence-corrected chi connectivity index (χ2v) is 5.07. The molecule has 2 rings (SSSR count). The van der Waals surface area contributed by atoms with Gasteiger partial charge in [0.15, 0.2) is 5.82 Å². The Hall–Kier alpha value is -2.02. The van der Waals surface area contributed by atoms with Gasteiger partial charge in [0.2, 0.25) is 5.16 Å². The van der Waals surface area contributed by atoms with E-state index in [-0.39, 0.29) is 6.61 Å². The van der Waals surface area contributed by atoms with Crippen molar-refractivity contribution in [1.29, 1.82) is 0 Å². The Labute approximate surface area is 114 Å². The highest BCUT2D eigenvalue weighted by Gasteiger charge is 2.15. The van der Waals surface area contributed by atoms with Gasteiger partial charge in [-0.25, -0.2) is 4.98 Å². The normalized spacial score (nSPS) is 12.1. The maximum absolute atomic E-state index is 10.7. The van der Waals surface area contributed by atoms with E-state index in [2.05, 4.69) is 15.2 Å². The fraction of sp³-hybridized carbons (Fsp3) is 0.250. The Morgan fingerprint density at radius 3 is 2.89 bits per heavy atom. The van der Waals surface area contributed by atoms with Crippen LogP contribution in [0.5, 0.6) is 5.75 Å². The summed E-state index contributed by atoms with van der Waals surface area (Å²) < 4.78 is 5.50. The van der Waals surface area contributed by atoms with E-state index in [1.165, 1.54) is 0 Å². The van der Waals surface area contributed by atoms with Crippen LogP contribution in [0.4, 0.5) is 0 Å². The highest BCUT2D eigenvalue weighted by atomic mass is 32.2. The van der Waals surface area contributed by atoms with Gasteiger partial charge in [-0.1, -0.05) is 30.0 Å². The number of aliphatic carboxylic acids is 1. The lowest BCUT2D eigenvalue weighted by atomic mass is 10.3. The molecule has 0 amide bonds. The second-order valence-electron chi connectivity index (χ2n) is 3.76. The maximum atomic E-state index is 10.7. The van der Waals surface area contributed by atoms with E-state index in [4.69, 9.17) is 9.84 Å². The monoisotopic (exact) mass is 279 g/mol. The predicted molar refractivity (Wildman–Crippen MR) is 70.1 cm³/mol. The molecule has 1 heterocycles. The number of carboxylic acid groups (broad SMARTS) is 1. The van der Waals surface area contributed by atoms with Crippen molar-refractivity contribution in [3.63, 3.8) is 0 Å². The Bertz CT molecular complexity index is 544. The molecule has 0 bridgehead atoms. The number of thioether (sulfide) groups is 1. The van der Waals surface area contributed by atoms with Crippen LogP contribution in [0.15, 0.2) is 35.5 Å². The molecule has 0 aliphatic carbocycles. The molecule has 100 valence electrons. The number of hydrogen-bond donors (Lipinski definition) is 2. The van der Waals surface area contributed by atoms with Crippen molar-refractivity contribution in [2.24, 2.45) is 0 Å². The average molecular weight is 279 g/mol. The van der Waals surface area contributed by atoms with Gasteiger partial charge >= 0.3 is 5.97 Å². The number of hydrogen-bond acceptors (Lipinski definition) is 5. The molecule has 0 aliphatic heterocycles. The molecule has 0 spiro atoms. The number of H-pyrrole nitrogens is 1. The summed E-state index contributed by atoms with van der Waals surface area (Å²) in [7, 11) is 0. The summed E-state index contributed by atoms with van der Waals surface area (Å²) in [4.78, 5) is 14.9. The summed E-state index contributed by atoms with van der Waals surface area (Å²) in [5, 5.41) is 15.3. The standard InChI is InChI=1S/C12H13N3O3S/c1-8(11(16)17)19-12-13-10(14-15-12)7-18-9-5-3-2-4-6-9/h2-6,8H,7H2,1H3,(H,16,17)(H,13,14,15)/t8-/m0/s1. The van der Waals surface area contributed by atoms with E-state index in [1.54, 1.807) is 6.92 Å². The summed E-state index contributed by atoms with van der Waals surface area (Å²) in [5.74, 6) is 0.410. The molecule has 0 radical (unpaired) electrons. The lowest BCUT2D eigenvalue weighted by Crippen LogP contribution is -2.11. The lowest BCUT2D eigenvalue weighted by Gasteiger charge is -2.02. The number of ether oxygens (including phenoxy) is 1. The molecule has 7 heteroatoms. The molecule has 2 N–H and O–H groups in total. The zero-order chi connectivity index (χ0) is 13.7. The highest BCUT2D eigenvalue weighted by molar-refractivity contribution is 8.00. The molecule has 0 saturated heterocycles. The van der Waals surface area contributed by atoms with Gasteiger partial charge in [0.1, 0.15) is 17.6 Å². The van der Waals surface area contributed by atoms with Gasteiger partial charge in [-0.3, -0.25) is 9.89 Å². The van der Waals surface area contributed by atoms with Crippen LogP contribution in [0.3, 0.4) is 0 Å². The van der Waals surface area contributed by atoms with E-state index in [0.717, 1.165) is 17.5 Å². The van der Waals surface area contributed by atoms with Gasteiger partial charge in [0, 0.05) is 0 Å². The SMILES string of the molecule is C[C@H](Sc1n[nH]c(COc2ccccc2)n1)C(=O)O. The molecule has 19 heavy (non-hydrogen) atoms. The number of carboxylic acids is 1. The molecule has 1 aromatic carbocycles. The van der Waals surface area contributed by atoms with Crippen molar-refractivity contribution < 1.29 is 14.6 Å². The Balaban J connectivity index is 1.89. The van der Waals surface area contributed by atoms with Gasteiger partial charge in [0.25, 0.3) is 0 Å². The van der Waals surface area contributed by atoms with Crippen molar-refractivity contribution in [2.45, 2.75) is 23.9 Å². The molecule has 1 aromatic heterocycles. The van der Waals surface area contributed by atoms with Crippen LogP contribution in [0, 0.1) is 0 Å². The third-order valence-electron chi connectivity index (χ3n) is 2.26. The van der Waals surface area contributed by atoms with Crippen molar-refractivity contribution in [3.8, 4) is 5.75 Å². The number of carbonyl (C=O) groups is 1. The molecule has 1 atom stereocenters. The van der Waals surface area contributed by atoms with Crippen molar-refractivity contribution in [1.82, 2.24) is 15.2 Å². The molecule has 2 aromatic rings. The van der Waals surface area contributed by atoms with Crippen LogP contribution in [-0.2, 0) is 11.4 Å². The number of aromatic amines is 1. The van der Waals surface area contributed by atoms with Crippen LogP contribution in [-0.4, -0.2) is 31.5 Å². The quantitative estimate of drug-likeness (QED) is 0.786. The van der Waals surface area contributed by atoms with Crippen molar-refractivity contribution in [3.05, 3.63) is 36.2 Å². The Kier molecular flexibility index (Phi) is 4.40. The summed E-state index contributed by atoms with van der Waals surface area (Å²) in [6.07, 6.45) is 0. The van der Waals surface area contributed by atoms with Crippen LogP contribution < -0.4 is 4.74 Å². The third kappa shape index (κ3) is 3.99. The van der Waals surface area contributed by atoms with E-state index in [0.29, 0.717) is 11.0 Å². The van der Waals surface area contributed by atoms with E-state index in [1.807, 2.05) is 30.3 Å². The highest BCUT2D eigenvalue weighted by Crippen LogP contribution is 2.19. The van der Waals surface area contributed by atoms with Crippen LogP contribution >= 0.6 is 11.8 Å². The summed E-state index contributed by atoms with van der Waals surface area (Å²) in [6.45, 7) is 1.85. The van der Waals surface area contributed by atoms with Crippen molar-refractivity contribution >= 4 is 17.7 Å². The number of aromatic nitrogens is 3. The largest absolute Gasteiger partial charge is 0.486 e. The van der Waals surface area contributed by atoms with E-state index >= 15 is 0 Å². The van der Waals surface area contributed by atoms with Crippen LogP contribution in [0.2, 0.25) is 0 Å². The zero-order valence-electron chi connectivity index (χ0n) is 10.2. The molecule has 0 saturated carbocycles. The predicted octanol–water partition coefficient (Wildman–Crippen LogP) is 1.95. The minimum atomic E-state index is -0.892. The van der Waals surface area contributed by atoms with Crippen LogP contribution in [0.1, 0.15) is 12.7 Å². The fourth-order valence-electron chi connectivity index (χ4n) is 1.27. The first kappa shape index (κ1) is 13.4. The number of para-hydroxylation sites is 1. The first-order chi connectivity index (χ1) is 9.15. The number of nitrogens with zero attached hydrogens (tertiary/aromatic N) is 2. The Morgan fingerprint density at radius 1 is 1.47 bits per heavy atom. The molecule has 0 aliphatic rings. The van der Waals surface area contributed by atoms with Crippen molar-refractivity contribution in [2.75, 3.05) is 0 Å². The number of benzene rings is 1. The van der Waals surface area contributed by atoms with Gasteiger partial charge in [0.05, 0.1) is 0 Å². The Morgan fingerprint density at radius 2 is 2.21 bits per heavy atom. The molecule has 6 nitrogen and oxygen atoms in total. The molecular weight excluding hydrogens is 266 g/mol. The first-order valence-corrected chi connectivity index (χ1v) is 6.51. The zero-order valence-corrected chi connectivity index (χ0v) is 11.1. The summed E-state index contributed by atoms with van der Waals surface area (Å²) >= 11 is 1.09. The van der Waals surface area contributed by atoms with Gasteiger partial charge in [-0.05, 0) is 19.1 Å². The fourth-order valence-corrected chi connectivity index (χ4v) is 1.95. The van der Waals surface area contributed by atoms with E-state index in [9.17, 15) is 4.79 Å². The number of rotatable bonds is 6. The van der Waals surface area contributed by atoms with Gasteiger partial charge in [-0.2, -0.15) is 0 Å². The third-order valence-corrected chi connectivity index (χ3v) is 3.21. The van der Waals surface area contributed by atoms with Gasteiger partial charge < -0.3 is 9.84 Å². The molecule has 0 fully saturated rings. The number of nitrogens with one attached hydrogen (secondary N) is 1. The smallest absolute Gasteiger partial charge is 0.316 e. The summed E-state index contributed by atoms with van der Waals surface area (Å²) in [5.41, 5.74) is 0. The lowest BCUT2D eigenvalue weighted by molar-refractivity contribution is -0.136. The minimum Gasteiger partial charge on any atom is -0.486 e. The molecule has 0 unspecified atom stereocenters. The van der Waals surface area contributed by atoms with E-state index < -0.39 is 11.2 Å². The average Bonchev–Trinajstić information content (AvgIpc) is 2.85. The summed E-state index contributed by atoms with van der Waals surface area (Å²) in [6, 6.07) is 9.36. The first-order valence-electron chi connectivity index (χ1n) is 5.64. The minimum absolute atomic E-state index is 0.263. The second kappa shape index (κ2) is 6.24. The maximum Gasteiger partial charge on any atom is 0.316 e. The molecular formula is C12H13N3O3S. The topological polar surface area (TPSA) is 88.1 Å². The van der Waals surface area contributed by atoms with Gasteiger partial charge in [-0.15, -0.1) is 5.10 Å².